The summed E-state index contributed by atoms with van der Waals surface area (Å²) in [5.74, 6) is -0.771. The average Bonchev–Trinajstić information content (AvgIpc) is 2.53. The van der Waals surface area contributed by atoms with Crippen LogP contribution in [0.1, 0.15) is 32.6 Å². The highest BCUT2D eigenvalue weighted by atomic mass is 16.2. The molecule has 0 saturated carbocycles. The molecule has 0 N–H and O–H groups in total. The van der Waals surface area contributed by atoms with Gasteiger partial charge < -0.3 is 14.7 Å². The Kier molecular flexibility index (Phi) is 4.98. The van der Waals surface area contributed by atoms with Gasteiger partial charge in [0, 0.05) is 38.8 Å². The number of rotatable bonds is 2. The van der Waals surface area contributed by atoms with Gasteiger partial charge in [0.15, 0.2) is 0 Å². The molecular weight excluding hydrogens is 258 g/mol. The van der Waals surface area contributed by atoms with E-state index in [0.29, 0.717) is 32.7 Å². The van der Waals surface area contributed by atoms with E-state index in [2.05, 4.69) is 6.92 Å². The summed E-state index contributed by atoms with van der Waals surface area (Å²) in [7, 11) is 0. The van der Waals surface area contributed by atoms with E-state index in [1.807, 2.05) is 0 Å². The van der Waals surface area contributed by atoms with Crippen LogP contribution < -0.4 is 0 Å². The zero-order valence-corrected chi connectivity index (χ0v) is 12.1. The normalized spacial score (nSPS) is 23.6. The average molecular weight is 281 g/mol. The number of likely N-dealkylation sites (tertiary alicyclic amines) is 1. The second kappa shape index (κ2) is 6.72. The number of piperidine rings is 1. The lowest BCUT2D eigenvalue weighted by Crippen LogP contribution is -2.55. The van der Waals surface area contributed by atoms with E-state index in [1.165, 1.54) is 0 Å². The van der Waals surface area contributed by atoms with Crippen LogP contribution in [0.5, 0.6) is 0 Å². The minimum absolute atomic E-state index is 0.205. The van der Waals surface area contributed by atoms with E-state index in [0.717, 1.165) is 32.1 Å². The Morgan fingerprint density at radius 1 is 1.05 bits per heavy atom. The van der Waals surface area contributed by atoms with Gasteiger partial charge in [0.05, 0.1) is 0 Å². The minimum Gasteiger partial charge on any atom is -0.342 e. The summed E-state index contributed by atoms with van der Waals surface area (Å²) in [4.78, 5) is 40.2. The topological polar surface area (TPSA) is 60.9 Å². The summed E-state index contributed by atoms with van der Waals surface area (Å²) >= 11 is 0. The maximum Gasteiger partial charge on any atom is 0.312 e. The second-order valence-electron chi connectivity index (χ2n) is 5.49. The monoisotopic (exact) mass is 281 g/mol. The second-order valence-corrected chi connectivity index (χ2v) is 5.49. The van der Waals surface area contributed by atoms with Gasteiger partial charge in [-0.25, -0.2) is 0 Å². The molecule has 0 aromatic carbocycles. The summed E-state index contributed by atoms with van der Waals surface area (Å²) in [5, 5.41) is 0. The SMILES string of the molecule is CCC1CCCCN1C(=O)C(=O)N1CCN(C=O)CC1. The van der Waals surface area contributed by atoms with Crippen LogP contribution in [0.4, 0.5) is 0 Å². The number of carbonyl (C=O) groups is 3. The van der Waals surface area contributed by atoms with Gasteiger partial charge in [0.1, 0.15) is 0 Å². The lowest BCUT2D eigenvalue weighted by molar-refractivity contribution is -0.155. The number of nitrogens with zero attached hydrogens (tertiary/aromatic N) is 3. The van der Waals surface area contributed by atoms with Crippen molar-refractivity contribution in [2.24, 2.45) is 0 Å². The summed E-state index contributed by atoms with van der Waals surface area (Å²) in [6.07, 6.45) is 4.80. The molecule has 0 radical (unpaired) electrons. The number of piperazine rings is 1. The van der Waals surface area contributed by atoms with Crippen molar-refractivity contribution < 1.29 is 14.4 Å². The quantitative estimate of drug-likeness (QED) is 0.532. The fourth-order valence-corrected chi connectivity index (χ4v) is 2.98. The van der Waals surface area contributed by atoms with Crippen molar-refractivity contribution in [2.75, 3.05) is 32.7 Å². The molecule has 1 atom stereocenters. The van der Waals surface area contributed by atoms with Crippen molar-refractivity contribution in [3.8, 4) is 0 Å². The predicted molar refractivity (Wildman–Crippen MR) is 73.9 cm³/mol. The first kappa shape index (κ1) is 14.8. The zero-order valence-electron chi connectivity index (χ0n) is 12.1. The molecule has 6 heteroatoms. The molecular formula is C14H23N3O3. The van der Waals surface area contributed by atoms with Crippen molar-refractivity contribution in [1.29, 1.82) is 0 Å². The van der Waals surface area contributed by atoms with E-state index in [1.54, 1.807) is 14.7 Å². The van der Waals surface area contributed by atoms with Crippen LogP contribution in [-0.4, -0.2) is 71.7 Å². The smallest absolute Gasteiger partial charge is 0.312 e. The van der Waals surface area contributed by atoms with E-state index in [9.17, 15) is 14.4 Å². The summed E-state index contributed by atoms with van der Waals surface area (Å²) < 4.78 is 0. The number of carbonyl (C=O) groups excluding carboxylic acids is 3. The molecule has 2 fully saturated rings. The third kappa shape index (κ3) is 3.11. The number of hydrogen-bond acceptors (Lipinski definition) is 3. The molecule has 3 amide bonds. The van der Waals surface area contributed by atoms with Crippen LogP contribution >= 0.6 is 0 Å². The molecule has 2 aliphatic heterocycles. The van der Waals surface area contributed by atoms with Crippen LogP contribution in [0.3, 0.4) is 0 Å². The molecule has 0 spiro atoms. The van der Waals surface area contributed by atoms with Gasteiger partial charge in [-0.3, -0.25) is 14.4 Å². The highest BCUT2D eigenvalue weighted by Gasteiger charge is 2.33. The van der Waals surface area contributed by atoms with Gasteiger partial charge in [0.25, 0.3) is 0 Å². The van der Waals surface area contributed by atoms with Gasteiger partial charge in [0.2, 0.25) is 6.41 Å². The van der Waals surface area contributed by atoms with E-state index in [-0.39, 0.29) is 11.9 Å². The van der Waals surface area contributed by atoms with Gasteiger partial charge >= 0.3 is 11.8 Å². The van der Waals surface area contributed by atoms with Gasteiger partial charge in [-0.05, 0) is 25.7 Å². The molecule has 0 bridgehead atoms. The molecule has 0 aromatic rings. The summed E-state index contributed by atoms with van der Waals surface area (Å²) in [6, 6.07) is 0.205. The van der Waals surface area contributed by atoms with Crippen molar-refractivity contribution in [1.82, 2.24) is 14.7 Å². The van der Waals surface area contributed by atoms with Crippen molar-refractivity contribution in [2.45, 2.75) is 38.6 Å². The van der Waals surface area contributed by atoms with Crippen molar-refractivity contribution in [3.63, 3.8) is 0 Å². The third-order valence-corrected chi connectivity index (χ3v) is 4.29. The van der Waals surface area contributed by atoms with Crippen LogP contribution in [0.15, 0.2) is 0 Å². The Morgan fingerprint density at radius 2 is 1.75 bits per heavy atom. The number of amides is 3. The molecule has 0 aromatic heterocycles. The molecule has 1 unspecified atom stereocenters. The maximum absolute atomic E-state index is 12.4. The Morgan fingerprint density at radius 3 is 2.35 bits per heavy atom. The fourth-order valence-electron chi connectivity index (χ4n) is 2.98. The first-order chi connectivity index (χ1) is 9.67. The van der Waals surface area contributed by atoms with E-state index < -0.39 is 5.91 Å². The largest absolute Gasteiger partial charge is 0.342 e. The van der Waals surface area contributed by atoms with Crippen LogP contribution in [0.2, 0.25) is 0 Å². The third-order valence-electron chi connectivity index (χ3n) is 4.29. The standard InChI is InChI=1S/C14H23N3O3/c1-2-12-5-3-4-6-17(12)14(20)13(19)16-9-7-15(11-18)8-10-16/h11-12H,2-10H2,1H3. The van der Waals surface area contributed by atoms with Crippen LogP contribution in [-0.2, 0) is 14.4 Å². The van der Waals surface area contributed by atoms with E-state index in [4.69, 9.17) is 0 Å². The van der Waals surface area contributed by atoms with Crippen LogP contribution in [0, 0.1) is 0 Å². The van der Waals surface area contributed by atoms with Crippen molar-refractivity contribution in [3.05, 3.63) is 0 Å². The van der Waals surface area contributed by atoms with Gasteiger partial charge in [-0.15, -0.1) is 0 Å². The Hall–Kier alpha value is -1.59. The zero-order chi connectivity index (χ0) is 14.5. The lowest BCUT2D eigenvalue weighted by Gasteiger charge is -2.37. The Bertz CT molecular complexity index is 378. The molecule has 2 heterocycles. The first-order valence-electron chi connectivity index (χ1n) is 7.46. The highest BCUT2D eigenvalue weighted by Crippen LogP contribution is 2.20. The number of hydrogen-bond donors (Lipinski definition) is 0. The van der Waals surface area contributed by atoms with E-state index >= 15 is 0 Å². The Balaban J connectivity index is 1.94. The maximum atomic E-state index is 12.4. The molecule has 20 heavy (non-hydrogen) atoms. The molecule has 2 aliphatic rings. The first-order valence-corrected chi connectivity index (χ1v) is 7.46. The molecule has 6 nitrogen and oxygen atoms in total. The van der Waals surface area contributed by atoms with Gasteiger partial charge in [-0.1, -0.05) is 6.92 Å². The lowest BCUT2D eigenvalue weighted by atomic mass is 10.00. The fraction of sp³-hybridized carbons (Fsp3) is 0.786. The van der Waals surface area contributed by atoms with Crippen molar-refractivity contribution >= 4 is 18.2 Å². The summed E-state index contributed by atoms with van der Waals surface area (Å²) in [6.45, 7) is 4.68. The highest BCUT2D eigenvalue weighted by molar-refractivity contribution is 6.35. The summed E-state index contributed by atoms with van der Waals surface area (Å²) in [5.41, 5.74) is 0. The molecule has 112 valence electrons. The minimum atomic E-state index is -0.407. The molecule has 2 saturated heterocycles. The molecule has 0 aliphatic carbocycles. The molecule has 2 rings (SSSR count). The van der Waals surface area contributed by atoms with Gasteiger partial charge in [-0.2, -0.15) is 0 Å². The van der Waals surface area contributed by atoms with Crippen LogP contribution in [0.25, 0.3) is 0 Å². The Labute approximate surface area is 119 Å². The predicted octanol–water partition coefficient (Wildman–Crippen LogP) is 0.0781.